The summed E-state index contributed by atoms with van der Waals surface area (Å²) < 4.78 is 26.8. The fraction of sp³-hybridized carbons (Fsp3) is 0.500. The molecule has 0 aromatic carbocycles. The first-order valence-corrected chi connectivity index (χ1v) is 6.31. The summed E-state index contributed by atoms with van der Waals surface area (Å²) in [6.45, 7) is 4.42. The molecule has 0 atom stereocenters. The van der Waals surface area contributed by atoms with Crippen LogP contribution in [-0.4, -0.2) is 35.9 Å². The molecule has 0 N–H and O–H groups in total. The zero-order valence-corrected chi connectivity index (χ0v) is 10.5. The van der Waals surface area contributed by atoms with E-state index < -0.39 is 10.0 Å². The Morgan fingerprint density at radius 2 is 2.25 bits per heavy atom. The third-order valence-electron chi connectivity index (χ3n) is 2.28. The van der Waals surface area contributed by atoms with Crippen LogP contribution in [0, 0.1) is 19.3 Å². The SMILES string of the molecule is C#CCN(C)S(=O)(=O)c1cn(CC)c(C)n1. The number of terminal acetylenes is 1. The van der Waals surface area contributed by atoms with E-state index in [1.54, 1.807) is 11.5 Å². The minimum atomic E-state index is -3.55. The Morgan fingerprint density at radius 3 is 2.69 bits per heavy atom. The van der Waals surface area contributed by atoms with Gasteiger partial charge in [0, 0.05) is 19.8 Å². The van der Waals surface area contributed by atoms with Crippen LogP contribution in [0.2, 0.25) is 0 Å². The summed E-state index contributed by atoms with van der Waals surface area (Å²) in [5.74, 6) is 2.97. The van der Waals surface area contributed by atoms with E-state index in [4.69, 9.17) is 6.42 Å². The van der Waals surface area contributed by atoms with E-state index in [0.717, 1.165) is 4.31 Å². The van der Waals surface area contributed by atoms with Crippen molar-refractivity contribution in [1.82, 2.24) is 13.9 Å². The zero-order chi connectivity index (χ0) is 12.3. The summed E-state index contributed by atoms with van der Waals surface area (Å²) >= 11 is 0. The van der Waals surface area contributed by atoms with E-state index in [9.17, 15) is 8.42 Å². The molecule has 1 rings (SSSR count). The normalized spacial score (nSPS) is 11.7. The van der Waals surface area contributed by atoms with E-state index in [1.165, 1.54) is 13.2 Å². The number of nitrogens with zero attached hydrogens (tertiary/aromatic N) is 3. The first-order valence-electron chi connectivity index (χ1n) is 4.87. The molecular weight excluding hydrogens is 226 g/mol. The van der Waals surface area contributed by atoms with Crippen molar-refractivity contribution in [3.63, 3.8) is 0 Å². The molecule has 6 heteroatoms. The van der Waals surface area contributed by atoms with Gasteiger partial charge in [0.2, 0.25) is 0 Å². The highest BCUT2D eigenvalue weighted by Crippen LogP contribution is 2.13. The van der Waals surface area contributed by atoms with Crippen LogP contribution in [0.3, 0.4) is 0 Å². The molecular formula is C10H15N3O2S. The number of aromatic nitrogens is 2. The average Bonchev–Trinajstić information content (AvgIpc) is 2.60. The predicted molar refractivity (Wildman–Crippen MR) is 61.3 cm³/mol. The molecule has 0 saturated heterocycles. The summed E-state index contributed by atoms with van der Waals surface area (Å²) in [6.07, 6.45) is 6.61. The summed E-state index contributed by atoms with van der Waals surface area (Å²) in [6, 6.07) is 0. The predicted octanol–water partition coefficient (Wildman–Crippen LogP) is 0.465. The van der Waals surface area contributed by atoms with E-state index in [-0.39, 0.29) is 11.6 Å². The van der Waals surface area contributed by atoms with Crippen molar-refractivity contribution in [3.8, 4) is 12.3 Å². The van der Waals surface area contributed by atoms with Gasteiger partial charge in [-0.25, -0.2) is 13.4 Å². The molecule has 0 fully saturated rings. The van der Waals surface area contributed by atoms with Gasteiger partial charge in [0.15, 0.2) is 5.03 Å². The highest BCUT2D eigenvalue weighted by molar-refractivity contribution is 7.89. The molecule has 0 saturated carbocycles. The van der Waals surface area contributed by atoms with E-state index in [2.05, 4.69) is 10.9 Å². The molecule has 5 nitrogen and oxygen atoms in total. The monoisotopic (exact) mass is 241 g/mol. The molecule has 0 radical (unpaired) electrons. The minimum absolute atomic E-state index is 0.0420. The van der Waals surface area contributed by atoms with Gasteiger partial charge in [-0.2, -0.15) is 4.31 Å². The van der Waals surface area contributed by atoms with Gasteiger partial charge in [-0.15, -0.1) is 6.42 Å². The van der Waals surface area contributed by atoms with Crippen molar-refractivity contribution in [1.29, 1.82) is 0 Å². The molecule has 0 aliphatic heterocycles. The molecule has 0 amide bonds. The standard InChI is InChI=1S/C10H15N3O2S/c1-5-7-12(4)16(14,15)10-8-13(6-2)9(3)11-10/h1,8H,6-7H2,2-4H3. The Kier molecular flexibility index (Phi) is 3.73. The number of hydrogen-bond acceptors (Lipinski definition) is 3. The molecule has 0 spiro atoms. The second-order valence-corrected chi connectivity index (χ2v) is 5.37. The number of rotatable bonds is 4. The Bertz CT molecular complexity index is 511. The average molecular weight is 241 g/mol. The second kappa shape index (κ2) is 4.68. The van der Waals surface area contributed by atoms with Crippen molar-refractivity contribution < 1.29 is 8.42 Å². The van der Waals surface area contributed by atoms with Gasteiger partial charge in [0.25, 0.3) is 10.0 Å². The first kappa shape index (κ1) is 12.7. The molecule has 0 unspecified atom stereocenters. The number of aryl methyl sites for hydroxylation is 2. The lowest BCUT2D eigenvalue weighted by Gasteiger charge is -2.11. The van der Waals surface area contributed by atoms with Gasteiger partial charge in [0.1, 0.15) is 5.82 Å². The van der Waals surface area contributed by atoms with Gasteiger partial charge < -0.3 is 4.57 Å². The van der Waals surface area contributed by atoms with Crippen LogP contribution in [0.15, 0.2) is 11.2 Å². The Hall–Kier alpha value is -1.32. The molecule has 1 aromatic heterocycles. The fourth-order valence-electron chi connectivity index (χ4n) is 1.30. The Balaban J connectivity index is 3.13. The molecule has 16 heavy (non-hydrogen) atoms. The fourth-order valence-corrected chi connectivity index (χ4v) is 2.37. The van der Waals surface area contributed by atoms with Crippen molar-refractivity contribution in [2.24, 2.45) is 0 Å². The van der Waals surface area contributed by atoms with Gasteiger partial charge in [-0.3, -0.25) is 0 Å². The quantitative estimate of drug-likeness (QED) is 0.720. The highest BCUT2D eigenvalue weighted by atomic mass is 32.2. The number of hydrogen-bond donors (Lipinski definition) is 0. The topological polar surface area (TPSA) is 55.2 Å². The third-order valence-corrected chi connectivity index (χ3v) is 3.96. The molecule has 1 heterocycles. The van der Waals surface area contributed by atoms with Crippen LogP contribution in [0.1, 0.15) is 12.7 Å². The van der Waals surface area contributed by atoms with Gasteiger partial charge in [0.05, 0.1) is 6.54 Å². The van der Waals surface area contributed by atoms with E-state index in [0.29, 0.717) is 12.4 Å². The summed E-state index contributed by atoms with van der Waals surface area (Å²) in [4.78, 5) is 4.02. The maximum absolute atomic E-state index is 12.0. The molecule has 0 aliphatic carbocycles. The molecule has 1 aromatic rings. The molecule has 0 bridgehead atoms. The maximum Gasteiger partial charge on any atom is 0.262 e. The highest BCUT2D eigenvalue weighted by Gasteiger charge is 2.23. The lowest BCUT2D eigenvalue weighted by atomic mass is 10.6. The number of imidazole rings is 1. The van der Waals surface area contributed by atoms with Crippen LogP contribution in [-0.2, 0) is 16.6 Å². The van der Waals surface area contributed by atoms with Crippen molar-refractivity contribution in [3.05, 3.63) is 12.0 Å². The van der Waals surface area contributed by atoms with Crippen LogP contribution in [0.4, 0.5) is 0 Å². The number of sulfonamides is 1. The Labute approximate surface area is 96.1 Å². The second-order valence-electron chi connectivity index (χ2n) is 3.38. The van der Waals surface area contributed by atoms with E-state index in [1.807, 2.05) is 6.92 Å². The summed E-state index contributed by atoms with van der Waals surface area (Å²) in [5.41, 5.74) is 0. The Morgan fingerprint density at radius 1 is 1.62 bits per heavy atom. The van der Waals surface area contributed by atoms with Crippen LogP contribution in [0.25, 0.3) is 0 Å². The van der Waals surface area contributed by atoms with E-state index >= 15 is 0 Å². The van der Waals surface area contributed by atoms with Gasteiger partial charge in [-0.1, -0.05) is 5.92 Å². The van der Waals surface area contributed by atoms with Crippen molar-refractivity contribution in [2.45, 2.75) is 25.4 Å². The van der Waals surface area contributed by atoms with Crippen LogP contribution < -0.4 is 0 Å². The van der Waals surface area contributed by atoms with Gasteiger partial charge >= 0.3 is 0 Å². The summed E-state index contributed by atoms with van der Waals surface area (Å²) in [5, 5.41) is 0.0459. The summed E-state index contributed by atoms with van der Waals surface area (Å²) in [7, 11) is -2.11. The van der Waals surface area contributed by atoms with Crippen molar-refractivity contribution in [2.75, 3.05) is 13.6 Å². The van der Waals surface area contributed by atoms with Crippen molar-refractivity contribution >= 4 is 10.0 Å². The lowest BCUT2D eigenvalue weighted by Crippen LogP contribution is -2.27. The van der Waals surface area contributed by atoms with Gasteiger partial charge in [-0.05, 0) is 13.8 Å². The molecule has 88 valence electrons. The van der Waals surface area contributed by atoms with Crippen LogP contribution in [0.5, 0.6) is 0 Å². The zero-order valence-electron chi connectivity index (χ0n) is 9.64. The first-order chi connectivity index (χ1) is 7.43. The molecule has 0 aliphatic rings. The minimum Gasteiger partial charge on any atom is -0.334 e. The maximum atomic E-state index is 12.0. The smallest absolute Gasteiger partial charge is 0.262 e. The lowest BCUT2D eigenvalue weighted by molar-refractivity contribution is 0.499. The van der Waals surface area contributed by atoms with Crippen LogP contribution >= 0.6 is 0 Å². The third kappa shape index (κ3) is 2.26. The largest absolute Gasteiger partial charge is 0.334 e.